The van der Waals surface area contributed by atoms with E-state index in [1.165, 1.54) is 25.3 Å². The zero-order valence-electron chi connectivity index (χ0n) is 15.2. The fraction of sp³-hybridized carbons (Fsp3) is 0.316. The molecule has 1 aliphatic rings. The van der Waals surface area contributed by atoms with Crippen molar-refractivity contribution < 1.29 is 22.8 Å². The molecule has 1 aromatic heterocycles. The zero-order chi connectivity index (χ0) is 20.3. The Labute approximate surface area is 160 Å². The Bertz CT molecular complexity index is 860. The van der Waals surface area contributed by atoms with Gasteiger partial charge in [0.1, 0.15) is 5.82 Å². The van der Waals surface area contributed by atoms with E-state index >= 15 is 0 Å². The first kappa shape index (κ1) is 19.7. The van der Waals surface area contributed by atoms with Crippen LogP contribution in [0.2, 0.25) is 0 Å². The van der Waals surface area contributed by atoms with Gasteiger partial charge >= 0.3 is 6.18 Å². The average molecular weight is 392 g/mol. The lowest BCUT2D eigenvalue weighted by atomic mass is 10.2. The Morgan fingerprint density at radius 3 is 2.36 bits per heavy atom. The maximum absolute atomic E-state index is 12.8. The molecule has 1 aromatic carbocycles. The van der Waals surface area contributed by atoms with Gasteiger partial charge in [0.25, 0.3) is 5.91 Å². The van der Waals surface area contributed by atoms with Gasteiger partial charge in [-0.05, 0) is 30.3 Å². The highest BCUT2D eigenvalue weighted by atomic mass is 19.4. The minimum Gasteiger partial charge on any atom is -0.353 e. The number of nitrogens with one attached hydrogen (secondary N) is 1. The molecule has 148 valence electrons. The molecule has 0 aliphatic carbocycles. The van der Waals surface area contributed by atoms with Crippen LogP contribution < -0.4 is 10.2 Å². The van der Waals surface area contributed by atoms with Crippen molar-refractivity contribution in [2.75, 3.05) is 36.4 Å². The van der Waals surface area contributed by atoms with Crippen molar-refractivity contribution in [3.63, 3.8) is 0 Å². The van der Waals surface area contributed by atoms with Gasteiger partial charge in [-0.25, -0.2) is 4.98 Å². The van der Waals surface area contributed by atoms with Crippen LogP contribution in [0.4, 0.5) is 24.7 Å². The number of amides is 2. The standard InChI is InChI=1S/C19H19F3N4O2/c1-13(27)25-7-9-26(10-8-25)17-6-5-14(12-23-17)18(28)24-16-4-2-3-15(11-16)19(20,21)22/h2-6,11-12H,7-10H2,1H3,(H,24,28). The molecule has 0 bridgehead atoms. The van der Waals surface area contributed by atoms with E-state index in [2.05, 4.69) is 10.3 Å². The number of rotatable bonds is 3. The van der Waals surface area contributed by atoms with Crippen molar-refractivity contribution in [2.24, 2.45) is 0 Å². The second-order valence-corrected chi connectivity index (χ2v) is 6.43. The van der Waals surface area contributed by atoms with Crippen molar-refractivity contribution >= 4 is 23.3 Å². The molecule has 6 nitrogen and oxygen atoms in total. The molecule has 0 spiro atoms. The summed E-state index contributed by atoms with van der Waals surface area (Å²) in [7, 11) is 0. The van der Waals surface area contributed by atoms with Crippen LogP contribution in [0, 0.1) is 0 Å². The lowest BCUT2D eigenvalue weighted by Crippen LogP contribution is -2.48. The summed E-state index contributed by atoms with van der Waals surface area (Å²) in [5, 5.41) is 2.45. The van der Waals surface area contributed by atoms with Crippen molar-refractivity contribution in [2.45, 2.75) is 13.1 Å². The Morgan fingerprint density at radius 1 is 1.07 bits per heavy atom. The van der Waals surface area contributed by atoms with Crippen LogP contribution in [0.15, 0.2) is 42.6 Å². The lowest BCUT2D eigenvalue weighted by Gasteiger charge is -2.34. The average Bonchev–Trinajstić information content (AvgIpc) is 2.68. The van der Waals surface area contributed by atoms with Gasteiger partial charge in [0.05, 0.1) is 11.1 Å². The highest BCUT2D eigenvalue weighted by Crippen LogP contribution is 2.30. The van der Waals surface area contributed by atoms with Gasteiger partial charge in [0.2, 0.25) is 5.91 Å². The molecule has 1 aliphatic heterocycles. The monoisotopic (exact) mass is 392 g/mol. The van der Waals surface area contributed by atoms with Crippen molar-refractivity contribution in [1.29, 1.82) is 0 Å². The normalized spacial score (nSPS) is 14.7. The molecule has 0 atom stereocenters. The van der Waals surface area contributed by atoms with Crippen LogP contribution in [-0.4, -0.2) is 47.9 Å². The van der Waals surface area contributed by atoms with Crippen molar-refractivity contribution in [3.05, 3.63) is 53.7 Å². The Morgan fingerprint density at radius 2 is 1.79 bits per heavy atom. The molecule has 9 heteroatoms. The number of hydrogen-bond donors (Lipinski definition) is 1. The minimum atomic E-state index is -4.48. The molecule has 0 saturated carbocycles. The molecule has 1 saturated heterocycles. The van der Waals surface area contributed by atoms with Crippen LogP contribution in [0.3, 0.4) is 0 Å². The number of carbonyl (C=O) groups excluding carboxylic acids is 2. The summed E-state index contributed by atoms with van der Waals surface area (Å²) in [6.07, 6.45) is -3.09. The van der Waals surface area contributed by atoms with Gasteiger partial charge in [-0.1, -0.05) is 6.07 Å². The number of aromatic nitrogens is 1. The van der Waals surface area contributed by atoms with E-state index in [0.717, 1.165) is 12.1 Å². The smallest absolute Gasteiger partial charge is 0.353 e. The number of pyridine rings is 1. The molecule has 0 radical (unpaired) electrons. The van der Waals surface area contributed by atoms with Crippen LogP contribution >= 0.6 is 0 Å². The summed E-state index contributed by atoms with van der Waals surface area (Å²) in [5.41, 5.74) is -0.531. The fourth-order valence-electron chi connectivity index (χ4n) is 2.93. The summed E-state index contributed by atoms with van der Waals surface area (Å²) in [6.45, 7) is 4.03. The first-order valence-electron chi connectivity index (χ1n) is 8.69. The molecule has 1 fully saturated rings. The molecule has 1 N–H and O–H groups in total. The molecule has 0 unspecified atom stereocenters. The second-order valence-electron chi connectivity index (χ2n) is 6.43. The topological polar surface area (TPSA) is 65.5 Å². The molecule has 2 aromatic rings. The SMILES string of the molecule is CC(=O)N1CCN(c2ccc(C(=O)Nc3cccc(C(F)(F)F)c3)cn2)CC1. The van der Waals surface area contributed by atoms with Crippen LogP contribution in [-0.2, 0) is 11.0 Å². The lowest BCUT2D eigenvalue weighted by molar-refractivity contribution is -0.137. The Hall–Kier alpha value is -3.10. The zero-order valence-corrected chi connectivity index (χ0v) is 15.2. The molecule has 3 rings (SSSR count). The van der Waals surface area contributed by atoms with Gasteiger partial charge in [-0.15, -0.1) is 0 Å². The van der Waals surface area contributed by atoms with Crippen molar-refractivity contribution in [3.8, 4) is 0 Å². The van der Waals surface area contributed by atoms with Crippen LogP contribution in [0.5, 0.6) is 0 Å². The van der Waals surface area contributed by atoms with E-state index in [4.69, 9.17) is 0 Å². The van der Waals surface area contributed by atoms with Crippen LogP contribution in [0.25, 0.3) is 0 Å². The number of anilines is 2. The molecular weight excluding hydrogens is 373 g/mol. The highest BCUT2D eigenvalue weighted by molar-refractivity contribution is 6.04. The van der Waals surface area contributed by atoms with E-state index in [1.807, 2.05) is 4.90 Å². The number of piperazine rings is 1. The number of hydrogen-bond acceptors (Lipinski definition) is 4. The summed E-state index contributed by atoms with van der Waals surface area (Å²) >= 11 is 0. The third kappa shape index (κ3) is 4.59. The van der Waals surface area contributed by atoms with Gasteiger partial charge < -0.3 is 15.1 Å². The minimum absolute atomic E-state index is 0.0363. The largest absolute Gasteiger partial charge is 0.416 e. The number of halogens is 3. The van der Waals surface area contributed by atoms with E-state index in [9.17, 15) is 22.8 Å². The van der Waals surface area contributed by atoms with Gasteiger partial charge in [-0.3, -0.25) is 9.59 Å². The number of carbonyl (C=O) groups is 2. The fourth-order valence-corrected chi connectivity index (χ4v) is 2.93. The Kier molecular flexibility index (Phi) is 5.53. The summed E-state index contributed by atoms with van der Waals surface area (Å²) in [4.78, 5) is 31.7. The summed E-state index contributed by atoms with van der Waals surface area (Å²) in [6, 6.07) is 7.71. The highest BCUT2D eigenvalue weighted by Gasteiger charge is 2.30. The van der Waals surface area contributed by atoms with E-state index in [0.29, 0.717) is 32.0 Å². The van der Waals surface area contributed by atoms with E-state index < -0.39 is 17.6 Å². The predicted molar refractivity (Wildman–Crippen MR) is 98.1 cm³/mol. The van der Waals surface area contributed by atoms with Gasteiger partial charge in [0.15, 0.2) is 0 Å². The number of nitrogens with zero attached hydrogens (tertiary/aromatic N) is 3. The third-order valence-corrected chi connectivity index (χ3v) is 4.51. The first-order chi connectivity index (χ1) is 13.2. The molecule has 2 heterocycles. The second kappa shape index (κ2) is 7.87. The number of alkyl halides is 3. The number of benzene rings is 1. The Balaban J connectivity index is 1.64. The molecule has 2 amide bonds. The van der Waals surface area contributed by atoms with E-state index in [1.54, 1.807) is 17.0 Å². The van der Waals surface area contributed by atoms with Gasteiger partial charge in [0, 0.05) is 45.0 Å². The van der Waals surface area contributed by atoms with Crippen LogP contribution in [0.1, 0.15) is 22.8 Å². The predicted octanol–water partition coefficient (Wildman–Crippen LogP) is 3.02. The van der Waals surface area contributed by atoms with Gasteiger partial charge in [-0.2, -0.15) is 13.2 Å². The molecular formula is C19H19F3N4O2. The molecule has 28 heavy (non-hydrogen) atoms. The summed E-state index contributed by atoms with van der Waals surface area (Å²) < 4.78 is 38.3. The maximum Gasteiger partial charge on any atom is 0.416 e. The quantitative estimate of drug-likeness (QED) is 0.872. The first-order valence-corrected chi connectivity index (χ1v) is 8.69. The third-order valence-electron chi connectivity index (χ3n) is 4.51. The summed E-state index contributed by atoms with van der Waals surface area (Å²) in [5.74, 6) is 0.174. The van der Waals surface area contributed by atoms with Crippen molar-refractivity contribution in [1.82, 2.24) is 9.88 Å². The van der Waals surface area contributed by atoms with E-state index in [-0.39, 0.29) is 17.2 Å². The maximum atomic E-state index is 12.8.